The highest BCUT2D eigenvalue weighted by Crippen LogP contribution is 2.37. The third-order valence-electron chi connectivity index (χ3n) is 3.79. The number of aliphatic hydroxyl groups is 1. The van der Waals surface area contributed by atoms with Crippen molar-refractivity contribution in [3.05, 3.63) is 0 Å². The Morgan fingerprint density at radius 1 is 1.13 bits per heavy atom. The van der Waals surface area contributed by atoms with Gasteiger partial charge in [0.25, 0.3) is 0 Å². The summed E-state index contributed by atoms with van der Waals surface area (Å²) in [4.78, 5) is 0. The van der Waals surface area contributed by atoms with E-state index in [0.29, 0.717) is 18.3 Å². The van der Waals surface area contributed by atoms with Gasteiger partial charge in [-0.15, -0.1) is 23.2 Å². The average Bonchev–Trinajstić information content (AvgIpc) is 2.25. The molecular formula is C11H19Cl2NO. The fourth-order valence-corrected chi connectivity index (χ4v) is 3.46. The lowest BCUT2D eigenvalue weighted by atomic mass is 9.75. The molecule has 1 aliphatic carbocycles. The van der Waals surface area contributed by atoms with Gasteiger partial charge in [-0.25, -0.2) is 0 Å². The summed E-state index contributed by atoms with van der Waals surface area (Å²) in [6.45, 7) is 2.14. The molecule has 2 N–H and O–H groups in total. The molecule has 2 nitrogen and oxygen atoms in total. The second-order valence-corrected chi connectivity index (χ2v) is 5.96. The van der Waals surface area contributed by atoms with Gasteiger partial charge in [-0.3, -0.25) is 0 Å². The number of rotatable bonds is 1. The molecule has 0 amide bonds. The van der Waals surface area contributed by atoms with Gasteiger partial charge in [-0.05, 0) is 50.6 Å². The molecule has 2 aliphatic rings. The van der Waals surface area contributed by atoms with Crippen molar-refractivity contribution in [2.24, 2.45) is 11.8 Å². The maximum Gasteiger partial charge on any atom is 0.0586 e. The Kier molecular flexibility index (Phi) is 4.17. The van der Waals surface area contributed by atoms with Crippen LogP contribution in [0.3, 0.4) is 0 Å². The van der Waals surface area contributed by atoms with Gasteiger partial charge < -0.3 is 10.4 Å². The number of nitrogens with one attached hydrogen (secondary N) is 1. The van der Waals surface area contributed by atoms with E-state index >= 15 is 0 Å². The van der Waals surface area contributed by atoms with Crippen molar-refractivity contribution in [3.63, 3.8) is 0 Å². The molecule has 0 aromatic carbocycles. The zero-order valence-electron chi connectivity index (χ0n) is 8.83. The Balaban J connectivity index is 1.95. The molecule has 1 aliphatic heterocycles. The summed E-state index contributed by atoms with van der Waals surface area (Å²) in [7, 11) is 0. The van der Waals surface area contributed by atoms with Crippen molar-refractivity contribution < 1.29 is 5.11 Å². The minimum absolute atomic E-state index is 0.0296. The van der Waals surface area contributed by atoms with E-state index in [0.717, 1.165) is 19.5 Å². The first-order valence-electron chi connectivity index (χ1n) is 5.85. The van der Waals surface area contributed by atoms with E-state index in [-0.39, 0.29) is 16.9 Å². The molecule has 0 spiro atoms. The van der Waals surface area contributed by atoms with Gasteiger partial charge in [-0.2, -0.15) is 0 Å². The van der Waals surface area contributed by atoms with Crippen molar-refractivity contribution in [2.75, 3.05) is 13.1 Å². The molecule has 0 aromatic rings. The Labute approximate surface area is 101 Å². The minimum Gasteiger partial charge on any atom is -0.393 e. The van der Waals surface area contributed by atoms with Crippen LogP contribution in [0.1, 0.15) is 25.7 Å². The maximum absolute atomic E-state index is 10.0. The molecule has 5 unspecified atom stereocenters. The van der Waals surface area contributed by atoms with Crippen molar-refractivity contribution in [1.29, 1.82) is 0 Å². The quantitative estimate of drug-likeness (QED) is 0.699. The first-order valence-corrected chi connectivity index (χ1v) is 6.72. The normalized spacial score (nSPS) is 47.8. The Bertz CT molecular complexity index is 209. The largest absolute Gasteiger partial charge is 0.393 e. The zero-order chi connectivity index (χ0) is 10.8. The molecule has 0 bridgehead atoms. The summed E-state index contributed by atoms with van der Waals surface area (Å²) in [6, 6.07) is 0. The lowest BCUT2D eigenvalue weighted by Crippen LogP contribution is -2.45. The summed E-state index contributed by atoms with van der Waals surface area (Å²) in [6.07, 6.45) is 3.68. The van der Waals surface area contributed by atoms with Crippen LogP contribution in [0.2, 0.25) is 0 Å². The van der Waals surface area contributed by atoms with Crippen LogP contribution in [0.25, 0.3) is 0 Å². The number of hydrogen-bond donors (Lipinski definition) is 2. The van der Waals surface area contributed by atoms with Crippen LogP contribution >= 0.6 is 23.2 Å². The highest BCUT2D eigenvalue weighted by atomic mass is 35.5. The molecule has 2 fully saturated rings. The molecule has 1 saturated heterocycles. The van der Waals surface area contributed by atoms with Gasteiger partial charge in [0.05, 0.1) is 16.9 Å². The van der Waals surface area contributed by atoms with Gasteiger partial charge >= 0.3 is 0 Å². The van der Waals surface area contributed by atoms with E-state index in [1.54, 1.807) is 0 Å². The fraction of sp³-hybridized carbons (Fsp3) is 1.00. The number of piperidine rings is 1. The molecule has 88 valence electrons. The molecule has 0 aromatic heterocycles. The third kappa shape index (κ3) is 2.79. The van der Waals surface area contributed by atoms with E-state index in [4.69, 9.17) is 23.2 Å². The summed E-state index contributed by atoms with van der Waals surface area (Å²) in [5, 5.41) is 13.4. The topological polar surface area (TPSA) is 32.3 Å². The van der Waals surface area contributed by atoms with Crippen LogP contribution in [-0.4, -0.2) is 35.1 Å². The zero-order valence-corrected chi connectivity index (χ0v) is 10.3. The van der Waals surface area contributed by atoms with Crippen molar-refractivity contribution in [1.82, 2.24) is 5.32 Å². The van der Waals surface area contributed by atoms with Gasteiger partial charge in [-0.1, -0.05) is 0 Å². The summed E-state index contributed by atoms with van der Waals surface area (Å²) >= 11 is 12.2. The third-order valence-corrected chi connectivity index (χ3v) is 4.88. The molecule has 15 heavy (non-hydrogen) atoms. The highest BCUT2D eigenvalue weighted by Gasteiger charge is 2.38. The second kappa shape index (κ2) is 5.22. The summed E-state index contributed by atoms with van der Waals surface area (Å²) in [5.41, 5.74) is 0. The molecule has 1 heterocycles. The van der Waals surface area contributed by atoms with Crippen molar-refractivity contribution >= 4 is 23.2 Å². The standard InChI is InChI=1S/C11H19Cl2NO/c12-9-4-8(11(15)5-10(9)13)7-2-1-3-14-6-7/h7-11,14-15H,1-6H2. The van der Waals surface area contributed by atoms with E-state index in [1.807, 2.05) is 0 Å². The first kappa shape index (κ1) is 12.0. The Morgan fingerprint density at radius 2 is 1.87 bits per heavy atom. The summed E-state index contributed by atoms with van der Waals surface area (Å²) in [5.74, 6) is 0.925. The number of hydrogen-bond acceptors (Lipinski definition) is 2. The molecule has 1 saturated carbocycles. The molecular weight excluding hydrogens is 233 g/mol. The summed E-state index contributed by atoms with van der Waals surface area (Å²) < 4.78 is 0. The fourth-order valence-electron chi connectivity index (χ4n) is 2.87. The molecule has 5 atom stereocenters. The van der Waals surface area contributed by atoms with Gasteiger partial charge in [0.1, 0.15) is 0 Å². The van der Waals surface area contributed by atoms with Crippen LogP contribution in [0.15, 0.2) is 0 Å². The van der Waals surface area contributed by atoms with Crippen LogP contribution in [0.5, 0.6) is 0 Å². The van der Waals surface area contributed by atoms with E-state index in [2.05, 4.69) is 5.32 Å². The maximum atomic E-state index is 10.0. The molecule has 4 heteroatoms. The van der Waals surface area contributed by atoms with E-state index < -0.39 is 0 Å². The van der Waals surface area contributed by atoms with Crippen LogP contribution < -0.4 is 5.32 Å². The van der Waals surface area contributed by atoms with Crippen molar-refractivity contribution in [3.8, 4) is 0 Å². The van der Waals surface area contributed by atoms with Crippen LogP contribution in [0, 0.1) is 11.8 Å². The lowest BCUT2D eigenvalue weighted by Gasteiger charge is -2.40. The second-order valence-electron chi connectivity index (χ2n) is 4.84. The smallest absolute Gasteiger partial charge is 0.0586 e. The number of alkyl halides is 2. The van der Waals surface area contributed by atoms with Crippen LogP contribution in [0.4, 0.5) is 0 Å². The predicted molar refractivity (Wildman–Crippen MR) is 63.6 cm³/mol. The van der Waals surface area contributed by atoms with Gasteiger partial charge in [0.2, 0.25) is 0 Å². The van der Waals surface area contributed by atoms with Gasteiger partial charge in [0, 0.05) is 0 Å². The number of aliphatic hydroxyl groups excluding tert-OH is 1. The highest BCUT2D eigenvalue weighted by molar-refractivity contribution is 6.30. The van der Waals surface area contributed by atoms with Crippen LogP contribution in [-0.2, 0) is 0 Å². The minimum atomic E-state index is -0.257. The van der Waals surface area contributed by atoms with E-state index in [9.17, 15) is 5.11 Å². The molecule has 0 radical (unpaired) electrons. The average molecular weight is 252 g/mol. The molecule has 2 rings (SSSR count). The Hall–Kier alpha value is 0.500. The monoisotopic (exact) mass is 251 g/mol. The van der Waals surface area contributed by atoms with Crippen molar-refractivity contribution in [2.45, 2.75) is 42.5 Å². The predicted octanol–water partition coefficient (Wildman–Crippen LogP) is 1.97. The SMILES string of the molecule is OC1CC(Cl)C(Cl)CC1C1CCCNC1. The van der Waals surface area contributed by atoms with E-state index in [1.165, 1.54) is 12.8 Å². The first-order chi connectivity index (χ1) is 7.18. The Morgan fingerprint density at radius 3 is 2.53 bits per heavy atom. The number of halogens is 2. The van der Waals surface area contributed by atoms with Gasteiger partial charge in [0.15, 0.2) is 0 Å². The lowest BCUT2D eigenvalue weighted by molar-refractivity contribution is 0.0324.